The molecule has 1 saturated carbocycles. The van der Waals surface area contributed by atoms with Crippen molar-refractivity contribution in [3.8, 4) is 0 Å². The summed E-state index contributed by atoms with van der Waals surface area (Å²) in [6.07, 6.45) is 2.10. The topological polar surface area (TPSA) is 49.4 Å². The third-order valence-corrected chi connectivity index (χ3v) is 4.36. The summed E-state index contributed by atoms with van der Waals surface area (Å²) in [6.45, 7) is 10.4. The number of carbonyl (C=O) groups excluding carboxylic acids is 2. The van der Waals surface area contributed by atoms with Gasteiger partial charge < -0.3 is 10.2 Å². The molecule has 0 aromatic carbocycles. The number of piperazine rings is 1. The fourth-order valence-electron chi connectivity index (χ4n) is 2.97. The number of nitrogens with zero attached hydrogens (tertiary/aromatic N) is 1. The molecule has 1 aliphatic carbocycles. The van der Waals surface area contributed by atoms with Crippen LogP contribution in [-0.4, -0.2) is 34.8 Å². The molecule has 102 valence electrons. The van der Waals surface area contributed by atoms with Crippen LogP contribution in [0.4, 0.5) is 0 Å². The van der Waals surface area contributed by atoms with E-state index in [1.165, 1.54) is 0 Å². The van der Waals surface area contributed by atoms with Gasteiger partial charge >= 0.3 is 0 Å². The lowest BCUT2D eigenvalue weighted by Gasteiger charge is -2.49. The Morgan fingerprint density at radius 1 is 1.33 bits per heavy atom. The van der Waals surface area contributed by atoms with E-state index in [0.717, 1.165) is 12.8 Å². The van der Waals surface area contributed by atoms with Crippen LogP contribution in [0.15, 0.2) is 0 Å². The van der Waals surface area contributed by atoms with Gasteiger partial charge in [-0.25, -0.2) is 0 Å². The van der Waals surface area contributed by atoms with E-state index in [4.69, 9.17) is 0 Å². The highest BCUT2D eigenvalue weighted by molar-refractivity contribution is 6.00. The first-order valence-corrected chi connectivity index (χ1v) is 6.85. The minimum atomic E-state index is -0.631. The molecule has 0 bridgehead atoms. The number of hydrogen-bond donors (Lipinski definition) is 1. The van der Waals surface area contributed by atoms with E-state index in [-0.39, 0.29) is 17.2 Å². The average molecular weight is 252 g/mol. The van der Waals surface area contributed by atoms with Crippen molar-refractivity contribution in [1.29, 1.82) is 0 Å². The molecule has 0 radical (unpaired) electrons. The maximum atomic E-state index is 12.6. The second-order valence-electron chi connectivity index (χ2n) is 6.78. The van der Waals surface area contributed by atoms with Crippen LogP contribution >= 0.6 is 0 Å². The smallest absolute Gasteiger partial charge is 0.246 e. The van der Waals surface area contributed by atoms with Gasteiger partial charge in [0.25, 0.3) is 0 Å². The van der Waals surface area contributed by atoms with Crippen LogP contribution in [0.2, 0.25) is 0 Å². The van der Waals surface area contributed by atoms with Crippen LogP contribution < -0.4 is 5.32 Å². The molecule has 4 nitrogen and oxygen atoms in total. The van der Waals surface area contributed by atoms with Gasteiger partial charge in [0, 0.05) is 6.54 Å². The Balaban J connectivity index is 2.35. The molecule has 1 N–H and O–H groups in total. The van der Waals surface area contributed by atoms with Gasteiger partial charge in [-0.05, 0) is 38.0 Å². The molecule has 1 heterocycles. The van der Waals surface area contributed by atoms with E-state index < -0.39 is 11.6 Å². The molecule has 1 saturated heterocycles. The van der Waals surface area contributed by atoms with Crippen molar-refractivity contribution < 1.29 is 9.59 Å². The minimum Gasteiger partial charge on any atom is -0.342 e. The second-order valence-corrected chi connectivity index (χ2v) is 6.78. The van der Waals surface area contributed by atoms with E-state index in [1.54, 1.807) is 4.90 Å². The van der Waals surface area contributed by atoms with E-state index >= 15 is 0 Å². The summed E-state index contributed by atoms with van der Waals surface area (Å²) in [7, 11) is 0. The van der Waals surface area contributed by atoms with Crippen LogP contribution in [0, 0.1) is 11.3 Å². The van der Waals surface area contributed by atoms with Gasteiger partial charge in [0.2, 0.25) is 11.8 Å². The highest BCUT2D eigenvalue weighted by Gasteiger charge is 2.57. The summed E-state index contributed by atoms with van der Waals surface area (Å²) in [6, 6.07) is -0.406. The predicted octanol–water partition coefficient (Wildman–Crippen LogP) is 1.55. The predicted molar refractivity (Wildman–Crippen MR) is 69.9 cm³/mol. The molecule has 2 aliphatic rings. The maximum Gasteiger partial charge on any atom is 0.246 e. The first kappa shape index (κ1) is 13.4. The number of hydrogen-bond acceptors (Lipinski definition) is 2. The molecule has 2 atom stereocenters. The van der Waals surface area contributed by atoms with E-state index in [2.05, 4.69) is 5.32 Å². The maximum absolute atomic E-state index is 12.6. The van der Waals surface area contributed by atoms with Crippen LogP contribution in [0.1, 0.15) is 47.5 Å². The van der Waals surface area contributed by atoms with Crippen molar-refractivity contribution >= 4 is 11.8 Å². The first-order chi connectivity index (χ1) is 8.22. The zero-order chi connectivity index (χ0) is 13.7. The Hall–Kier alpha value is -1.06. The largest absolute Gasteiger partial charge is 0.342 e. The molecule has 0 aromatic rings. The molecule has 0 spiro atoms. The SMILES string of the molecule is CCN1C(=O)C(C(C)(C)C)NC(=O)C1(C)C1CC1. The van der Waals surface area contributed by atoms with Crippen molar-refractivity contribution in [3.05, 3.63) is 0 Å². The highest BCUT2D eigenvalue weighted by atomic mass is 16.2. The summed E-state index contributed by atoms with van der Waals surface area (Å²) >= 11 is 0. The number of rotatable bonds is 2. The van der Waals surface area contributed by atoms with E-state index in [9.17, 15) is 9.59 Å². The van der Waals surface area contributed by atoms with Gasteiger partial charge in [0.15, 0.2) is 0 Å². The van der Waals surface area contributed by atoms with E-state index in [1.807, 2.05) is 34.6 Å². The van der Waals surface area contributed by atoms with Crippen LogP contribution in [0.5, 0.6) is 0 Å². The summed E-state index contributed by atoms with van der Waals surface area (Å²) in [4.78, 5) is 26.9. The summed E-state index contributed by atoms with van der Waals surface area (Å²) in [5.41, 5.74) is -0.876. The lowest BCUT2D eigenvalue weighted by molar-refractivity contribution is -0.160. The van der Waals surface area contributed by atoms with Gasteiger partial charge in [0.1, 0.15) is 11.6 Å². The molecule has 18 heavy (non-hydrogen) atoms. The van der Waals surface area contributed by atoms with E-state index in [0.29, 0.717) is 12.5 Å². The standard InChI is InChI=1S/C14H24N2O2/c1-6-16-11(17)10(13(2,3)4)15-12(18)14(16,5)9-7-8-9/h9-10H,6-8H2,1-5H3,(H,15,18). The van der Waals surface area contributed by atoms with Gasteiger partial charge in [0.05, 0.1) is 0 Å². The monoisotopic (exact) mass is 252 g/mol. The third kappa shape index (κ3) is 1.82. The molecule has 1 aliphatic heterocycles. The van der Waals surface area contributed by atoms with Gasteiger partial charge in [-0.2, -0.15) is 0 Å². The lowest BCUT2D eigenvalue weighted by atomic mass is 9.80. The molecular formula is C14H24N2O2. The van der Waals surface area contributed by atoms with Gasteiger partial charge in [-0.1, -0.05) is 20.8 Å². The van der Waals surface area contributed by atoms with Crippen molar-refractivity contribution in [1.82, 2.24) is 10.2 Å². The first-order valence-electron chi connectivity index (χ1n) is 6.85. The Morgan fingerprint density at radius 3 is 2.28 bits per heavy atom. The second kappa shape index (κ2) is 3.97. The van der Waals surface area contributed by atoms with Crippen molar-refractivity contribution in [2.75, 3.05) is 6.54 Å². The number of amides is 2. The average Bonchev–Trinajstić information content (AvgIpc) is 3.06. The molecule has 2 fully saturated rings. The Labute approximate surface area is 109 Å². The number of nitrogens with one attached hydrogen (secondary N) is 1. The fraction of sp³-hybridized carbons (Fsp3) is 0.857. The molecular weight excluding hydrogens is 228 g/mol. The molecule has 2 amide bonds. The summed E-state index contributed by atoms with van der Waals surface area (Å²) in [5.74, 6) is 0.424. The highest BCUT2D eigenvalue weighted by Crippen LogP contribution is 2.45. The lowest BCUT2D eigenvalue weighted by Crippen LogP contribution is -2.72. The molecule has 4 heteroatoms. The fourth-order valence-corrected chi connectivity index (χ4v) is 2.97. The number of likely N-dealkylation sites (N-methyl/N-ethyl adjacent to an activating group) is 1. The Morgan fingerprint density at radius 2 is 1.89 bits per heavy atom. The van der Waals surface area contributed by atoms with Gasteiger partial charge in [-0.15, -0.1) is 0 Å². The summed E-state index contributed by atoms with van der Waals surface area (Å²) in [5, 5.41) is 2.95. The Bertz CT molecular complexity index is 382. The van der Waals surface area contributed by atoms with Crippen molar-refractivity contribution in [3.63, 3.8) is 0 Å². The molecule has 0 aromatic heterocycles. The molecule has 2 unspecified atom stereocenters. The van der Waals surface area contributed by atoms with Gasteiger partial charge in [-0.3, -0.25) is 9.59 Å². The van der Waals surface area contributed by atoms with Crippen LogP contribution in [0.3, 0.4) is 0 Å². The Kier molecular flexibility index (Phi) is 2.95. The van der Waals surface area contributed by atoms with Crippen LogP contribution in [-0.2, 0) is 9.59 Å². The number of carbonyl (C=O) groups is 2. The third-order valence-electron chi connectivity index (χ3n) is 4.36. The van der Waals surface area contributed by atoms with Crippen molar-refractivity contribution in [2.45, 2.75) is 59.0 Å². The molecule has 2 rings (SSSR count). The minimum absolute atomic E-state index is 0.0198. The quantitative estimate of drug-likeness (QED) is 0.810. The van der Waals surface area contributed by atoms with Crippen LogP contribution in [0.25, 0.3) is 0 Å². The summed E-state index contributed by atoms with van der Waals surface area (Å²) < 4.78 is 0. The normalized spacial score (nSPS) is 33.6. The zero-order valence-corrected chi connectivity index (χ0v) is 12.0. The van der Waals surface area contributed by atoms with Crippen molar-refractivity contribution in [2.24, 2.45) is 11.3 Å². The zero-order valence-electron chi connectivity index (χ0n) is 12.0.